The summed E-state index contributed by atoms with van der Waals surface area (Å²) in [5.74, 6) is -1.51. The normalized spacial score (nSPS) is 16.0. The van der Waals surface area contributed by atoms with E-state index in [-0.39, 0.29) is 15.6 Å². The van der Waals surface area contributed by atoms with E-state index in [1.165, 1.54) is 18.2 Å². The fourth-order valence-corrected chi connectivity index (χ4v) is 4.51. The molecule has 0 aromatic heterocycles. The first-order valence-electron chi connectivity index (χ1n) is 9.50. The second-order valence-corrected chi connectivity index (χ2v) is 8.80. The minimum atomic E-state index is -4.14. The fraction of sp³-hybridized carbons (Fsp3) is 0. The first-order valence-corrected chi connectivity index (χ1v) is 11.4. The lowest BCUT2D eigenvalue weighted by molar-refractivity contribution is -0.128. The number of carbonyl (C=O) groups is 2. The van der Waals surface area contributed by atoms with Crippen LogP contribution in [-0.2, 0) is 19.6 Å². The number of hydrogen-bond acceptors (Lipinski definition) is 5. The summed E-state index contributed by atoms with van der Waals surface area (Å²) in [4.78, 5) is 29.8. The molecule has 0 spiro atoms. The van der Waals surface area contributed by atoms with E-state index in [1.807, 2.05) is 0 Å². The molecule has 1 N–H and O–H groups in total. The van der Waals surface area contributed by atoms with Gasteiger partial charge in [-0.1, -0.05) is 66.7 Å². The Balaban J connectivity index is 1.80. The molecule has 0 bridgehead atoms. The molecule has 0 aliphatic carbocycles. The number of anilines is 1. The molecule has 9 heteroatoms. The van der Waals surface area contributed by atoms with Gasteiger partial charge >= 0.3 is 0 Å². The summed E-state index contributed by atoms with van der Waals surface area (Å²) >= 11 is 5.38. The van der Waals surface area contributed by atoms with Crippen LogP contribution in [0.5, 0.6) is 0 Å². The number of rotatable bonds is 5. The number of benzene rings is 3. The first-order chi connectivity index (χ1) is 15.4. The summed E-state index contributed by atoms with van der Waals surface area (Å²) in [7, 11) is -4.14. The Hall–Kier alpha value is -3.66. The molecule has 1 aliphatic heterocycles. The summed E-state index contributed by atoms with van der Waals surface area (Å²) in [6.07, 6.45) is 1.41. The average Bonchev–Trinajstić information content (AvgIpc) is 2.82. The Kier molecular flexibility index (Phi) is 5.95. The maximum absolute atomic E-state index is 13.3. The zero-order valence-corrected chi connectivity index (χ0v) is 18.2. The van der Waals surface area contributed by atoms with Gasteiger partial charge < -0.3 is 0 Å². The molecule has 7 nitrogen and oxygen atoms in total. The number of hydrazine groups is 1. The van der Waals surface area contributed by atoms with Gasteiger partial charge in [0.1, 0.15) is 5.57 Å². The van der Waals surface area contributed by atoms with Crippen LogP contribution in [0.1, 0.15) is 5.56 Å². The van der Waals surface area contributed by atoms with E-state index >= 15 is 0 Å². The van der Waals surface area contributed by atoms with Crippen LogP contribution in [0.4, 0.5) is 5.69 Å². The lowest BCUT2D eigenvalue weighted by Crippen LogP contribution is -2.62. The molecule has 160 valence electrons. The predicted molar refractivity (Wildman–Crippen MR) is 125 cm³/mol. The lowest BCUT2D eigenvalue weighted by Gasteiger charge is -2.36. The van der Waals surface area contributed by atoms with Crippen LogP contribution in [0.15, 0.2) is 101 Å². The van der Waals surface area contributed by atoms with Crippen molar-refractivity contribution in [3.05, 3.63) is 102 Å². The third-order valence-corrected chi connectivity index (χ3v) is 6.32. The van der Waals surface area contributed by atoms with Gasteiger partial charge in [-0.2, -0.15) is 5.01 Å². The summed E-state index contributed by atoms with van der Waals surface area (Å²) in [6.45, 7) is 0. The second kappa shape index (κ2) is 8.83. The van der Waals surface area contributed by atoms with Crippen molar-refractivity contribution in [3.8, 4) is 0 Å². The lowest BCUT2D eigenvalue weighted by atomic mass is 10.1. The molecule has 0 radical (unpaired) electrons. The zero-order valence-electron chi connectivity index (χ0n) is 16.6. The summed E-state index contributed by atoms with van der Waals surface area (Å²) in [6, 6.07) is 24.8. The van der Waals surface area contributed by atoms with Crippen molar-refractivity contribution in [1.82, 2.24) is 9.84 Å². The standard InChI is InChI=1S/C23H17N3O4S2/c27-21-20(16-17-10-4-1-5-11-17)22(28)26(23(31)25(21)18-12-6-2-7-13-18)24-32(29,30)19-14-8-3-9-15-19/h1-16,24H/b20-16-. The number of amides is 2. The largest absolute Gasteiger partial charge is 0.281 e. The van der Waals surface area contributed by atoms with Gasteiger partial charge in [0.2, 0.25) is 5.11 Å². The van der Waals surface area contributed by atoms with E-state index in [0.717, 1.165) is 4.90 Å². The van der Waals surface area contributed by atoms with E-state index in [1.54, 1.807) is 78.9 Å². The molecule has 1 saturated heterocycles. The molecule has 1 fully saturated rings. The summed E-state index contributed by atoms with van der Waals surface area (Å²) in [5.41, 5.74) is 0.776. The minimum absolute atomic E-state index is 0.0487. The summed E-state index contributed by atoms with van der Waals surface area (Å²) < 4.78 is 25.8. The molecule has 3 aromatic rings. The number of sulfonamides is 1. The quantitative estimate of drug-likeness (QED) is 0.357. The molecule has 1 aliphatic rings. The van der Waals surface area contributed by atoms with Crippen molar-refractivity contribution in [3.63, 3.8) is 0 Å². The molecule has 4 rings (SSSR count). The van der Waals surface area contributed by atoms with Crippen LogP contribution in [0.2, 0.25) is 0 Å². The SMILES string of the molecule is O=C1/C(=C\c2ccccc2)C(=O)N(c2ccccc2)C(=S)N1NS(=O)(=O)c1ccccc1. The van der Waals surface area contributed by atoms with Crippen molar-refractivity contribution in [2.75, 3.05) is 4.90 Å². The van der Waals surface area contributed by atoms with Crippen LogP contribution < -0.4 is 9.73 Å². The van der Waals surface area contributed by atoms with E-state index in [2.05, 4.69) is 4.83 Å². The second-order valence-electron chi connectivity index (χ2n) is 6.78. The van der Waals surface area contributed by atoms with Gasteiger partial charge in [-0.15, -0.1) is 4.83 Å². The van der Waals surface area contributed by atoms with Crippen molar-refractivity contribution in [2.24, 2.45) is 0 Å². The van der Waals surface area contributed by atoms with Gasteiger partial charge in [-0.05, 0) is 48.1 Å². The Bertz CT molecular complexity index is 1310. The molecule has 0 saturated carbocycles. The van der Waals surface area contributed by atoms with Crippen LogP contribution in [0.3, 0.4) is 0 Å². The maximum atomic E-state index is 13.3. The van der Waals surface area contributed by atoms with Crippen LogP contribution >= 0.6 is 12.2 Å². The fourth-order valence-electron chi connectivity index (χ4n) is 3.10. The van der Waals surface area contributed by atoms with Crippen molar-refractivity contribution < 1.29 is 18.0 Å². The monoisotopic (exact) mass is 463 g/mol. The van der Waals surface area contributed by atoms with Gasteiger partial charge in [0.25, 0.3) is 21.8 Å². The highest BCUT2D eigenvalue weighted by atomic mass is 32.2. The predicted octanol–water partition coefficient (Wildman–Crippen LogP) is 3.12. The van der Waals surface area contributed by atoms with Crippen molar-refractivity contribution in [1.29, 1.82) is 0 Å². The van der Waals surface area contributed by atoms with Gasteiger partial charge in [-0.25, -0.2) is 8.42 Å². The zero-order chi connectivity index (χ0) is 22.7. The summed E-state index contributed by atoms with van der Waals surface area (Å²) in [5, 5.41) is 0.414. The molecule has 32 heavy (non-hydrogen) atoms. The molecular formula is C23H17N3O4S2. The molecule has 1 heterocycles. The number of thiocarbonyl (C=S) groups is 1. The number of hydrogen-bond donors (Lipinski definition) is 1. The van der Waals surface area contributed by atoms with E-state index in [0.29, 0.717) is 16.3 Å². The van der Waals surface area contributed by atoms with Gasteiger partial charge in [0.05, 0.1) is 10.6 Å². The van der Waals surface area contributed by atoms with E-state index in [4.69, 9.17) is 12.2 Å². The maximum Gasteiger partial charge on any atom is 0.281 e. The Labute approximate surface area is 190 Å². The van der Waals surface area contributed by atoms with Crippen LogP contribution in [0.25, 0.3) is 6.08 Å². The third-order valence-electron chi connectivity index (χ3n) is 4.64. The Morgan fingerprint density at radius 3 is 1.88 bits per heavy atom. The first kappa shape index (κ1) is 21.6. The Morgan fingerprint density at radius 1 is 0.750 bits per heavy atom. The number of nitrogens with one attached hydrogen (secondary N) is 1. The molecular weight excluding hydrogens is 446 g/mol. The number of nitrogens with zero attached hydrogens (tertiary/aromatic N) is 2. The highest BCUT2D eigenvalue weighted by Gasteiger charge is 2.42. The molecule has 2 amide bonds. The molecule has 0 unspecified atom stereocenters. The minimum Gasteiger partial charge on any atom is -0.268 e. The topological polar surface area (TPSA) is 86.8 Å². The van der Waals surface area contributed by atoms with Crippen molar-refractivity contribution >= 4 is 50.9 Å². The highest BCUT2D eigenvalue weighted by Crippen LogP contribution is 2.26. The van der Waals surface area contributed by atoms with E-state index < -0.39 is 21.8 Å². The van der Waals surface area contributed by atoms with Gasteiger partial charge in [-0.3, -0.25) is 14.5 Å². The highest BCUT2D eigenvalue weighted by molar-refractivity contribution is 7.89. The van der Waals surface area contributed by atoms with E-state index in [9.17, 15) is 18.0 Å². The number of para-hydroxylation sites is 1. The molecule has 3 aromatic carbocycles. The average molecular weight is 464 g/mol. The van der Waals surface area contributed by atoms with Gasteiger partial charge in [0.15, 0.2) is 0 Å². The van der Waals surface area contributed by atoms with Gasteiger partial charge in [0, 0.05) is 0 Å². The van der Waals surface area contributed by atoms with Crippen molar-refractivity contribution in [2.45, 2.75) is 4.90 Å². The smallest absolute Gasteiger partial charge is 0.268 e. The molecule has 0 atom stereocenters. The third kappa shape index (κ3) is 4.22. The van der Waals surface area contributed by atoms with Crippen LogP contribution in [0, 0.1) is 0 Å². The Morgan fingerprint density at radius 2 is 1.28 bits per heavy atom. The van der Waals surface area contributed by atoms with Crippen LogP contribution in [-0.4, -0.2) is 30.4 Å². The number of carbonyl (C=O) groups excluding carboxylic acids is 2.